The van der Waals surface area contributed by atoms with Crippen molar-refractivity contribution in [1.82, 2.24) is 15.2 Å². The van der Waals surface area contributed by atoms with Crippen LogP contribution in [0.25, 0.3) is 0 Å². The molecule has 142 valence electrons. The van der Waals surface area contributed by atoms with E-state index in [2.05, 4.69) is 27.1 Å². The van der Waals surface area contributed by atoms with Gasteiger partial charge in [0.15, 0.2) is 0 Å². The molecule has 6 heteroatoms. The molecule has 0 radical (unpaired) electrons. The Kier molecular flexibility index (Phi) is 6.96. The van der Waals surface area contributed by atoms with E-state index in [9.17, 15) is 4.79 Å². The maximum Gasteiger partial charge on any atom is 0.253 e. The van der Waals surface area contributed by atoms with Crippen molar-refractivity contribution in [2.24, 2.45) is 0 Å². The first-order valence-corrected chi connectivity index (χ1v) is 9.24. The summed E-state index contributed by atoms with van der Waals surface area (Å²) in [4.78, 5) is 19.6. The molecule has 0 unspecified atom stereocenters. The molecule has 0 saturated carbocycles. The normalized spacial score (nSPS) is 15.7. The van der Waals surface area contributed by atoms with Gasteiger partial charge < -0.3 is 15.4 Å². The molecule has 1 amide bonds. The van der Waals surface area contributed by atoms with Gasteiger partial charge >= 0.3 is 0 Å². The van der Waals surface area contributed by atoms with Gasteiger partial charge in [0.2, 0.25) is 0 Å². The van der Waals surface area contributed by atoms with Gasteiger partial charge in [-0.15, -0.1) is 6.58 Å². The topological polar surface area (TPSA) is 66.5 Å². The number of carbonyl (C=O) groups is 1. The number of carbonyl (C=O) groups excluding carboxylic acids is 1. The highest BCUT2D eigenvalue weighted by atomic mass is 16.5. The lowest BCUT2D eigenvalue weighted by Gasteiger charge is -2.34. The standard InChI is InChI=1S/C21H26N4O2/c1-2-10-22-18-8-4-3-7-17(18)21(26)24-16-20(19-9-5-6-11-23-19)25-12-14-27-15-13-25/h2-9,11,20,22H,1,10,12-16H2,(H,24,26)/t20-/m1/s1. The second-order valence-electron chi connectivity index (χ2n) is 6.34. The van der Waals surface area contributed by atoms with Crippen LogP contribution in [0.15, 0.2) is 61.3 Å². The quantitative estimate of drug-likeness (QED) is 0.703. The van der Waals surface area contributed by atoms with Gasteiger partial charge in [0, 0.05) is 38.1 Å². The fourth-order valence-electron chi connectivity index (χ4n) is 3.18. The van der Waals surface area contributed by atoms with Crippen molar-refractivity contribution in [3.8, 4) is 0 Å². The number of amides is 1. The van der Waals surface area contributed by atoms with Crippen LogP contribution in [0, 0.1) is 0 Å². The Morgan fingerprint density at radius 1 is 1.22 bits per heavy atom. The molecular weight excluding hydrogens is 340 g/mol. The van der Waals surface area contributed by atoms with Crippen LogP contribution in [-0.2, 0) is 4.74 Å². The van der Waals surface area contributed by atoms with E-state index in [0.29, 0.717) is 31.9 Å². The number of nitrogens with one attached hydrogen (secondary N) is 2. The number of rotatable bonds is 8. The Labute approximate surface area is 160 Å². The summed E-state index contributed by atoms with van der Waals surface area (Å²) in [6.07, 6.45) is 3.56. The lowest BCUT2D eigenvalue weighted by atomic mass is 10.1. The molecule has 2 heterocycles. The van der Waals surface area contributed by atoms with Crippen LogP contribution in [0.2, 0.25) is 0 Å². The fourth-order valence-corrected chi connectivity index (χ4v) is 3.18. The van der Waals surface area contributed by atoms with E-state index in [-0.39, 0.29) is 11.9 Å². The number of para-hydroxylation sites is 1. The molecule has 1 aromatic carbocycles. The van der Waals surface area contributed by atoms with Crippen LogP contribution >= 0.6 is 0 Å². The molecule has 27 heavy (non-hydrogen) atoms. The summed E-state index contributed by atoms with van der Waals surface area (Å²) in [6, 6.07) is 13.4. The first kappa shape index (κ1) is 19.1. The van der Waals surface area contributed by atoms with Crippen molar-refractivity contribution >= 4 is 11.6 Å². The molecule has 2 aromatic rings. The molecule has 2 N–H and O–H groups in total. The van der Waals surface area contributed by atoms with Crippen LogP contribution < -0.4 is 10.6 Å². The highest BCUT2D eigenvalue weighted by Gasteiger charge is 2.24. The molecule has 1 aliphatic heterocycles. The van der Waals surface area contributed by atoms with Crippen LogP contribution in [-0.4, -0.2) is 55.2 Å². The average molecular weight is 366 g/mol. The Bertz CT molecular complexity index is 745. The third-order valence-corrected chi connectivity index (χ3v) is 4.58. The summed E-state index contributed by atoms with van der Waals surface area (Å²) in [6.45, 7) is 7.86. The maximum absolute atomic E-state index is 12.8. The summed E-state index contributed by atoms with van der Waals surface area (Å²) in [7, 11) is 0. The number of hydrogen-bond donors (Lipinski definition) is 2. The molecule has 3 rings (SSSR count). The van der Waals surface area contributed by atoms with Gasteiger partial charge in [0.1, 0.15) is 0 Å². The van der Waals surface area contributed by atoms with Crippen molar-refractivity contribution in [2.45, 2.75) is 6.04 Å². The maximum atomic E-state index is 12.8. The van der Waals surface area contributed by atoms with E-state index < -0.39 is 0 Å². The summed E-state index contributed by atoms with van der Waals surface area (Å²) in [5.74, 6) is -0.101. The Hall–Kier alpha value is -2.70. The fraction of sp³-hybridized carbons (Fsp3) is 0.333. The SMILES string of the molecule is C=CCNc1ccccc1C(=O)NC[C@H](c1ccccn1)N1CCOCC1. The minimum Gasteiger partial charge on any atom is -0.381 e. The van der Waals surface area contributed by atoms with Gasteiger partial charge in [-0.25, -0.2) is 0 Å². The second-order valence-corrected chi connectivity index (χ2v) is 6.34. The van der Waals surface area contributed by atoms with Gasteiger partial charge in [0.05, 0.1) is 30.5 Å². The van der Waals surface area contributed by atoms with Gasteiger partial charge in [-0.3, -0.25) is 14.7 Å². The number of morpholine rings is 1. The zero-order valence-electron chi connectivity index (χ0n) is 15.4. The number of aromatic nitrogens is 1. The summed E-state index contributed by atoms with van der Waals surface area (Å²) >= 11 is 0. The van der Waals surface area contributed by atoms with Gasteiger partial charge in [0.25, 0.3) is 5.91 Å². The van der Waals surface area contributed by atoms with Crippen molar-refractivity contribution in [3.63, 3.8) is 0 Å². The van der Waals surface area contributed by atoms with Crippen LogP contribution in [0.3, 0.4) is 0 Å². The second kappa shape index (κ2) is 9.85. The number of ether oxygens (including phenoxy) is 1. The van der Waals surface area contributed by atoms with Crippen molar-refractivity contribution in [2.75, 3.05) is 44.7 Å². The first-order valence-electron chi connectivity index (χ1n) is 9.24. The lowest BCUT2D eigenvalue weighted by molar-refractivity contribution is 0.0154. The molecule has 0 bridgehead atoms. The molecular formula is C21H26N4O2. The molecule has 1 aromatic heterocycles. The van der Waals surface area contributed by atoms with E-state index in [1.807, 2.05) is 42.5 Å². The highest BCUT2D eigenvalue weighted by molar-refractivity contribution is 5.99. The Balaban J connectivity index is 1.71. The van der Waals surface area contributed by atoms with Crippen LogP contribution in [0.4, 0.5) is 5.69 Å². The van der Waals surface area contributed by atoms with Gasteiger partial charge in [-0.2, -0.15) is 0 Å². The van der Waals surface area contributed by atoms with E-state index >= 15 is 0 Å². The number of pyridine rings is 1. The van der Waals surface area contributed by atoms with E-state index in [1.54, 1.807) is 12.3 Å². The molecule has 1 saturated heterocycles. The third kappa shape index (κ3) is 5.15. The molecule has 0 spiro atoms. The summed E-state index contributed by atoms with van der Waals surface area (Å²) < 4.78 is 5.47. The summed E-state index contributed by atoms with van der Waals surface area (Å²) in [5.41, 5.74) is 2.38. The van der Waals surface area contributed by atoms with E-state index in [1.165, 1.54) is 0 Å². The Morgan fingerprint density at radius 2 is 2.00 bits per heavy atom. The molecule has 1 atom stereocenters. The molecule has 0 aliphatic carbocycles. The average Bonchev–Trinajstić information content (AvgIpc) is 2.74. The van der Waals surface area contributed by atoms with E-state index in [4.69, 9.17) is 4.74 Å². The number of hydrogen-bond acceptors (Lipinski definition) is 5. The zero-order valence-corrected chi connectivity index (χ0v) is 15.4. The third-order valence-electron chi connectivity index (χ3n) is 4.58. The first-order chi connectivity index (χ1) is 13.3. The van der Waals surface area contributed by atoms with E-state index in [0.717, 1.165) is 24.5 Å². The predicted molar refractivity (Wildman–Crippen MR) is 107 cm³/mol. The number of benzene rings is 1. The molecule has 6 nitrogen and oxygen atoms in total. The smallest absolute Gasteiger partial charge is 0.253 e. The Morgan fingerprint density at radius 3 is 2.74 bits per heavy atom. The minimum atomic E-state index is -0.101. The molecule has 1 fully saturated rings. The van der Waals surface area contributed by atoms with Crippen LogP contribution in [0.5, 0.6) is 0 Å². The van der Waals surface area contributed by atoms with Gasteiger partial charge in [-0.05, 0) is 24.3 Å². The predicted octanol–water partition coefficient (Wildman–Crippen LogP) is 2.48. The van der Waals surface area contributed by atoms with Gasteiger partial charge in [-0.1, -0.05) is 24.3 Å². The monoisotopic (exact) mass is 366 g/mol. The lowest BCUT2D eigenvalue weighted by Crippen LogP contribution is -2.44. The molecule has 1 aliphatic rings. The van der Waals surface area contributed by atoms with Crippen molar-refractivity contribution in [3.05, 3.63) is 72.6 Å². The number of anilines is 1. The van der Waals surface area contributed by atoms with Crippen LogP contribution in [0.1, 0.15) is 22.1 Å². The highest BCUT2D eigenvalue weighted by Crippen LogP contribution is 2.20. The largest absolute Gasteiger partial charge is 0.381 e. The number of nitrogens with zero attached hydrogens (tertiary/aromatic N) is 2. The van der Waals surface area contributed by atoms with Crippen molar-refractivity contribution in [1.29, 1.82) is 0 Å². The zero-order chi connectivity index (χ0) is 18.9. The summed E-state index contributed by atoms with van der Waals surface area (Å²) in [5, 5.41) is 6.29. The van der Waals surface area contributed by atoms with Crippen molar-refractivity contribution < 1.29 is 9.53 Å². The minimum absolute atomic E-state index is 0.0207.